The molecule has 130 valence electrons. The molecule has 0 bridgehead atoms. The van der Waals surface area contributed by atoms with E-state index in [9.17, 15) is 17.9 Å². The lowest BCUT2D eigenvalue weighted by molar-refractivity contribution is 0.0823. The molecular weight excluding hydrogens is 323 g/mol. The number of piperidine rings is 1. The molecular formula is C15H23FN2O4S. The van der Waals surface area contributed by atoms with E-state index >= 15 is 0 Å². The molecule has 8 heteroatoms. The van der Waals surface area contributed by atoms with Crippen molar-refractivity contribution in [1.29, 1.82) is 0 Å². The summed E-state index contributed by atoms with van der Waals surface area (Å²) in [7, 11) is -2.48. The zero-order valence-electron chi connectivity index (χ0n) is 13.2. The van der Waals surface area contributed by atoms with Crippen LogP contribution in [0.5, 0.6) is 5.75 Å². The van der Waals surface area contributed by atoms with Crippen LogP contribution in [0.15, 0.2) is 23.1 Å². The van der Waals surface area contributed by atoms with E-state index in [1.54, 1.807) is 0 Å². The molecule has 1 aromatic carbocycles. The molecule has 2 rings (SSSR count). The molecule has 0 atom stereocenters. The Morgan fingerprint density at radius 1 is 1.39 bits per heavy atom. The number of halogens is 1. The third-order valence-electron chi connectivity index (χ3n) is 3.93. The van der Waals surface area contributed by atoms with Gasteiger partial charge in [0.25, 0.3) is 0 Å². The van der Waals surface area contributed by atoms with Gasteiger partial charge in [0.15, 0.2) is 0 Å². The SMILES string of the molecule is COc1ccc(S(=O)(=O)NCCCN2CCC(O)CC2)c(F)c1. The fourth-order valence-electron chi connectivity index (χ4n) is 2.56. The molecule has 0 saturated carbocycles. The Morgan fingerprint density at radius 2 is 2.09 bits per heavy atom. The first-order valence-electron chi connectivity index (χ1n) is 7.66. The molecule has 1 fully saturated rings. The van der Waals surface area contributed by atoms with Crippen LogP contribution in [0.2, 0.25) is 0 Å². The number of benzene rings is 1. The number of ether oxygens (including phenoxy) is 1. The smallest absolute Gasteiger partial charge is 0.243 e. The Morgan fingerprint density at radius 3 is 2.70 bits per heavy atom. The van der Waals surface area contributed by atoms with Gasteiger partial charge in [0.1, 0.15) is 16.5 Å². The Kier molecular flexibility index (Phi) is 6.34. The second kappa shape index (κ2) is 8.05. The van der Waals surface area contributed by atoms with E-state index in [1.165, 1.54) is 19.2 Å². The minimum Gasteiger partial charge on any atom is -0.497 e. The molecule has 1 saturated heterocycles. The number of aliphatic hydroxyl groups is 1. The fourth-order valence-corrected chi connectivity index (χ4v) is 3.69. The summed E-state index contributed by atoms with van der Waals surface area (Å²) >= 11 is 0. The first-order chi connectivity index (χ1) is 10.9. The van der Waals surface area contributed by atoms with E-state index in [4.69, 9.17) is 4.74 Å². The number of aliphatic hydroxyl groups excluding tert-OH is 1. The van der Waals surface area contributed by atoms with Crippen molar-refractivity contribution in [3.63, 3.8) is 0 Å². The van der Waals surface area contributed by atoms with E-state index in [0.29, 0.717) is 6.42 Å². The maximum absolute atomic E-state index is 13.8. The van der Waals surface area contributed by atoms with Gasteiger partial charge in [-0.2, -0.15) is 0 Å². The molecule has 0 amide bonds. The van der Waals surface area contributed by atoms with Gasteiger partial charge in [-0.15, -0.1) is 0 Å². The highest BCUT2D eigenvalue weighted by molar-refractivity contribution is 7.89. The number of hydrogen-bond donors (Lipinski definition) is 2. The average molecular weight is 346 g/mol. The maximum Gasteiger partial charge on any atom is 0.243 e. The molecule has 0 radical (unpaired) electrons. The van der Waals surface area contributed by atoms with E-state index in [-0.39, 0.29) is 23.3 Å². The van der Waals surface area contributed by atoms with Crippen LogP contribution in [0.3, 0.4) is 0 Å². The van der Waals surface area contributed by atoms with Gasteiger partial charge < -0.3 is 14.7 Å². The van der Waals surface area contributed by atoms with Crippen LogP contribution in [0.25, 0.3) is 0 Å². The van der Waals surface area contributed by atoms with Crippen molar-refractivity contribution in [2.24, 2.45) is 0 Å². The van der Waals surface area contributed by atoms with Crippen LogP contribution >= 0.6 is 0 Å². The molecule has 2 N–H and O–H groups in total. The number of likely N-dealkylation sites (tertiary alicyclic amines) is 1. The van der Waals surface area contributed by atoms with Crippen LogP contribution in [-0.4, -0.2) is 57.8 Å². The summed E-state index contributed by atoms with van der Waals surface area (Å²) in [6.45, 7) is 2.63. The van der Waals surface area contributed by atoms with Gasteiger partial charge >= 0.3 is 0 Å². The van der Waals surface area contributed by atoms with Crippen molar-refractivity contribution in [2.45, 2.75) is 30.3 Å². The minimum absolute atomic E-state index is 0.220. The molecule has 1 aliphatic rings. The highest BCUT2D eigenvalue weighted by Crippen LogP contribution is 2.20. The van der Waals surface area contributed by atoms with Gasteiger partial charge in [-0.05, 0) is 37.9 Å². The van der Waals surface area contributed by atoms with Crippen LogP contribution < -0.4 is 9.46 Å². The lowest BCUT2D eigenvalue weighted by atomic mass is 10.1. The Balaban J connectivity index is 1.82. The number of methoxy groups -OCH3 is 1. The standard InChI is InChI=1S/C15H23FN2O4S/c1-22-13-3-4-15(14(16)11-13)23(20,21)17-7-2-8-18-9-5-12(19)6-10-18/h3-4,11-12,17,19H,2,5-10H2,1H3. The topological polar surface area (TPSA) is 78.9 Å². The van der Waals surface area contributed by atoms with E-state index in [0.717, 1.165) is 38.5 Å². The number of sulfonamides is 1. The zero-order valence-corrected chi connectivity index (χ0v) is 14.0. The highest BCUT2D eigenvalue weighted by atomic mass is 32.2. The summed E-state index contributed by atoms with van der Waals surface area (Å²) in [5.74, 6) is -0.560. The Hall–Kier alpha value is -1.22. The normalized spacial score (nSPS) is 17.3. The number of nitrogens with one attached hydrogen (secondary N) is 1. The Bertz CT molecular complexity index is 616. The largest absolute Gasteiger partial charge is 0.497 e. The summed E-state index contributed by atoms with van der Waals surface area (Å²) in [5.41, 5.74) is 0. The van der Waals surface area contributed by atoms with Gasteiger partial charge in [-0.3, -0.25) is 0 Å². The van der Waals surface area contributed by atoms with Gasteiger partial charge in [0, 0.05) is 25.7 Å². The van der Waals surface area contributed by atoms with Gasteiger partial charge in [0.2, 0.25) is 10.0 Å². The van der Waals surface area contributed by atoms with Crippen molar-refractivity contribution in [3.05, 3.63) is 24.0 Å². The number of nitrogens with zero attached hydrogens (tertiary/aromatic N) is 1. The summed E-state index contributed by atoms with van der Waals surface area (Å²) in [6, 6.07) is 3.66. The molecule has 6 nitrogen and oxygen atoms in total. The zero-order chi connectivity index (χ0) is 16.9. The predicted octanol–water partition coefficient (Wildman–Crippen LogP) is 0.959. The van der Waals surface area contributed by atoms with Gasteiger partial charge in [0.05, 0.1) is 13.2 Å². The van der Waals surface area contributed by atoms with Crippen molar-refractivity contribution >= 4 is 10.0 Å². The number of rotatable bonds is 7. The van der Waals surface area contributed by atoms with E-state index < -0.39 is 15.8 Å². The quantitative estimate of drug-likeness (QED) is 0.719. The maximum atomic E-state index is 13.8. The number of hydrogen-bond acceptors (Lipinski definition) is 5. The molecule has 0 spiro atoms. The summed E-state index contributed by atoms with van der Waals surface area (Å²) in [6.07, 6.45) is 1.92. The van der Waals surface area contributed by atoms with Crippen LogP contribution in [0.1, 0.15) is 19.3 Å². The third kappa shape index (κ3) is 5.13. The average Bonchev–Trinajstić information content (AvgIpc) is 2.53. The predicted molar refractivity (Wildman–Crippen MR) is 84.4 cm³/mol. The van der Waals surface area contributed by atoms with Crippen LogP contribution in [0.4, 0.5) is 4.39 Å². The fraction of sp³-hybridized carbons (Fsp3) is 0.600. The second-order valence-electron chi connectivity index (χ2n) is 5.62. The van der Waals surface area contributed by atoms with Gasteiger partial charge in [-0.25, -0.2) is 17.5 Å². The summed E-state index contributed by atoms with van der Waals surface area (Å²) < 4.78 is 45.3. The van der Waals surface area contributed by atoms with Crippen molar-refractivity contribution in [3.8, 4) is 5.75 Å². The molecule has 1 aromatic rings. The van der Waals surface area contributed by atoms with E-state index in [1.807, 2.05) is 0 Å². The van der Waals surface area contributed by atoms with Crippen molar-refractivity contribution < 1.29 is 22.7 Å². The van der Waals surface area contributed by atoms with Crippen LogP contribution in [0, 0.1) is 5.82 Å². The van der Waals surface area contributed by atoms with E-state index in [2.05, 4.69) is 9.62 Å². The Labute approximate surface area is 136 Å². The van der Waals surface area contributed by atoms with Crippen molar-refractivity contribution in [2.75, 3.05) is 33.3 Å². The summed E-state index contributed by atoms with van der Waals surface area (Å²) in [5, 5.41) is 9.43. The first-order valence-corrected chi connectivity index (χ1v) is 9.14. The van der Waals surface area contributed by atoms with Crippen molar-refractivity contribution in [1.82, 2.24) is 9.62 Å². The molecule has 1 heterocycles. The van der Waals surface area contributed by atoms with Crippen LogP contribution in [-0.2, 0) is 10.0 Å². The molecule has 0 aromatic heterocycles. The lowest BCUT2D eigenvalue weighted by Gasteiger charge is -2.29. The molecule has 0 aliphatic carbocycles. The molecule has 23 heavy (non-hydrogen) atoms. The lowest BCUT2D eigenvalue weighted by Crippen LogP contribution is -2.37. The minimum atomic E-state index is -3.87. The molecule has 1 aliphatic heterocycles. The summed E-state index contributed by atoms with van der Waals surface area (Å²) in [4.78, 5) is 1.81. The van der Waals surface area contributed by atoms with Gasteiger partial charge in [-0.1, -0.05) is 0 Å². The second-order valence-corrected chi connectivity index (χ2v) is 7.36. The molecule has 0 unspecified atom stereocenters. The first kappa shape index (κ1) is 18.1. The monoisotopic (exact) mass is 346 g/mol. The third-order valence-corrected chi connectivity index (χ3v) is 5.42. The highest BCUT2D eigenvalue weighted by Gasteiger charge is 2.20.